The zero-order valence-electron chi connectivity index (χ0n) is 15.6. The van der Waals surface area contributed by atoms with Crippen molar-refractivity contribution in [3.05, 3.63) is 33.8 Å². The maximum Gasteiger partial charge on any atom is 0.253 e. The van der Waals surface area contributed by atoms with Gasteiger partial charge >= 0.3 is 0 Å². The van der Waals surface area contributed by atoms with Crippen LogP contribution in [0.25, 0.3) is 0 Å². The molecule has 2 aliphatic rings. The number of piperazine rings is 1. The molecule has 0 saturated carbocycles. The van der Waals surface area contributed by atoms with Crippen molar-refractivity contribution in [1.29, 1.82) is 0 Å². The second-order valence-electron chi connectivity index (χ2n) is 7.21. The zero-order chi connectivity index (χ0) is 20.5. The van der Waals surface area contributed by atoms with Crippen molar-refractivity contribution in [2.45, 2.75) is 12.8 Å². The molecule has 1 atom stereocenters. The first-order valence-corrected chi connectivity index (χ1v) is 11.8. The number of sulfonamides is 1. The molecule has 0 N–H and O–H groups in total. The fourth-order valence-corrected chi connectivity index (χ4v) is 4.80. The Labute approximate surface area is 175 Å². The number of piperidine rings is 1. The number of benzene rings is 1. The second kappa shape index (κ2) is 8.57. The monoisotopic (exact) mass is 447 g/mol. The van der Waals surface area contributed by atoms with Crippen LogP contribution in [0.5, 0.6) is 0 Å². The predicted octanol–water partition coefficient (Wildman–Crippen LogP) is 1.95. The fraction of sp³-hybridized carbons (Fsp3) is 0.556. The standard InChI is InChI=1S/C18H23Cl2N3O4S/c1-28(26,27)23-9-7-21(8-10-23)18(25)14-3-2-6-22(12-14)17(24)13-4-5-15(19)16(20)11-13/h4-5,11,14H,2-3,6-10,12H2,1H3. The quantitative estimate of drug-likeness (QED) is 0.709. The molecule has 1 aromatic rings. The number of nitrogens with zero attached hydrogens (tertiary/aromatic N) is 3. The highest BCUT2D eigenvalue weighted by atomic mass is 35.5. The largest absolute Gasteiger partial charge is 0.340 e. The SMILES string of the molecule is CS(=O)(=O)N1CCN(C(=O)C2CCCN(C(=O)c3ccc(Cl)c(Cl)c3)C2)CC1. The molecule has 10 heteroatoms. The number of hydrogen-bond acceptors (Lipinski definition) is 4. The molecule has 1 unspecified atom stereocenters. The molecule has 0 spiro atoms. The summed E-state index contributed by atoms with van der Waals surface area (Å²) in [6.07, 6.45) is 2.64. The number of halogens is 2. The highest BCUT2D eigenvalue weighted by Crippen LogP contribution is 2.25. The smallest absolute Gasteiger partial charge is 0.253 e. The van der Waals surface area contributed by atoms with Gasteiger partial charge in [-0.2, -0.15) is 4.31 Å². The molecule has 154 valence electrons. The topological polar surface area (TPSA) is 78.0 Å². The van der Waals surface area contributed by atoms with Crippen molar-refractivity contribution >= 4 is 45.0 Å². The van der Waals surface area contributed by atoms with E-state index in [1.807, 2.05) is 0 Å². The molecule has 2 saturated heterocycles. The van der Waals surface area contributed by atoms with Crippen molar-refractivity contribution in [1.82, 2.24) is 14.1 Å². The Hall–Kier alpha value is -1.35. The van der Waals surface area contributed by atoms with Crippen molar-refractivity contribution < 1.29 is 18.0 Å². The molecule has 2 amide bonds. The summed E-state index contributed by atoms with van der Waals surface area (Å²) in [4.78, 5) is 29.1. The number of amides is 2. The summed E-state index contributed by atoms with van der Waals surface area (Å²) in [6, 6.07) is 4.76. The van der Waals surface area contributed by atoms with E-state index in [0.29, 0.717) is 54.9 Å². The minimum absolute atomic E-state index is 0.0141. The van der Waals surface area contributed by atoms with Gasteiger partial charge in [-0.3, -0.25) is 9.59 Å². The van der Waals surface area contributed by atoms with Gasteiger partial charge in [0.05, 0.1) is 22.2 Å². The fourth-order valence-electron chi connectivity index (χ4n) is 3.67. The number of hydrogen-bond donors (Lipinski definition) is 0. The van der Waals surface area contributed by atoms with E-state index in [2.05, 4.69) is 0 Å². The summed E-state index contributed by atoms with van der Waals surface area (Å²) in [5.74, 6) is -0.456. The third kappa shape index (κ3) is 4.79. The normalized spacial score (nSPS) is 21.6. The van der Waals surface area contributed by atoms with Gasteiger partial charge in [0.25, 0.3) is 5.91 Å². The minimum Gasteiger partial charge on any atom is -0.340 e. The van der Waals surface area contributed by atoms with E-state index in [-0.39, 0.29) is 17.7 Å². The molecule has 3 rings (SSSR count). The summed E-state index contributed by atoms with van der Waals surface area (Å²) < 4.78 is 24.6. The number of rotatable bonds is 3. The highest BCUT2D eigenvalue weighted by molar-refractivity contribution is 7.88. The van der Waals surface area contributed by atoms with Crippen molar-refractivity contribution in [3.8, 4) is 0 Å². The first-order chi connectivity index (χ1) is 13.2. The van der Waals surface area contributed by atoms with Crippen LogP contribution < -0.4 is 0 Å². The van der Waals surface area contributed by atoms with Crippen LogP contribution in [0.2, 0.25) is 10.0 Å². The van der Waals surface area contributed by atoms with E-state index in [4.69, 9.17) is 23.2 Å². The van der Waals surface area contributed by atoms with E-state index in [9.17, 15) is 18.0 Å². The molecule has 0 aliphatic carbocycles. The van der Waals surface area contributed by atoms with Crippen LogP contribution in [-0.2, 0) is 14.8 Å². The van der Waals surface area contributed by atoms with Crippen LogP contribution in [0, 0.1) is 5.92 Å². The van der Waals surface area contributed by atoms with Gasteiger partial charge in [0.15, 0.2) is 0 Å². The van der Waals surface area contributed by atoms with Crippen LogP contribution >= 0.6 is 23.2 Å². The van der Waals surface area contributed by atoms with Gasteiger partial charge in [0.2, 0.25) is 15.9 Å². The summed E-state index contributed by atoms with van der Waals surface area (Å²) in [7, 11) is -3.23. The Kier molecular flexibility index (Phi) is 6.54. The summed E-state index contributed by atoms with van der Waals surface area (Å²) in [5, 5.41) is 0.707. The molecule has 0 radical (unpaired) electrons. The Morgan fingerprint density at radius 1 is 1.00 bits per heavy atom. The molecule has 0 aromatic heterocycles. The molecule has 0 bridgehead atoms. The van der Waals surface area contributed by atoms with Crippen molar-refractivity contribution in [3.63, 3.8) is 0 Å². The Morgan fingerprint density at radius 2 is 1.68 bits per heavy atom. The Balaban J connectivity index is 1.62. The Bertz CT molecular complexity index is 870. The molecule has 2 fully saturated rings. The minimum atomic E-state index is -3.23. The van der Waals surface area contributed by atoms with Crippen molar-refractivity contribution in [2.75, 3.05) is 45.5 Å². The highest BCUT2D eigenvalue weighted by Gasteiger charge is 2.34. The lowest BCUT2D eigenvalue weighted by Gasteiger charge is -2.38. The van der Waals surface area contributed by atoms with Crippen LogP contribution in [0.15, 0.2) is 18.2 Å². The van der Waals surface area contributed by atoms with E-state index in [0.717, 1.165) is 12.8 Å². The first-order valence-electron chi connectivity index (χ1n) is 9.15. The van der Waals surface area contributed by atoms with E-state index < -0.39 is 10.0 Å². The van der Waals surface area contributed by atoms with Crippen LogP contribution in [0.4, 0.5) is 0 Å². The molecule has 28 heavy (non-hydrogen) atoms. The van der Waals surface area contributed by atoms with E-state index in [1.54, 1.807) is 28.0 Å². The van der Waals surface area contributed by atoms with E-state index >= 15 is 0 Å². The molecular formula is C18H23Cl2N3O4S. The second-order valence-corrected chi connectivity index (χ2v) is 10.0. The summed E-state index contributed by atoms with van der Waals surface area (Å²) in [5.41, 5.74) is 0.448. The van der Waals surface area contributed by atoms with Gasteiger partial charge in [-0.05, 0) is 31.0 Å². The third-order valence-corrected chi connectivity index (χ3v) is 7.29. The van der Waals surface area contributed by atoms with Gasteiger partial charge in [0, 0.05) is 44.8 Å². The molecule has 2 aliphatic heterocycles. The maximum atomic E-state index is 12.9. The lowest BCUT2D eigenvalue weighted by Crippen LogP contribution is -2.53. The lowest BCUT2D eigenvalue weighted by molar-refractivity contribution is -0.138. The van der Waals surface area contributed by atoms with Gasteiger partial charge in [0.1, 0.15) is 0 Å². The van der Waals surface area contributed by atoms with Gasteiger partial charge in [-0.1, -0.05) is 23.2 Å². The summed E-state index contributed by atoms with van der Waals surface area (Å²) >= 11 is 11.9. The van der Waals surface area contributed by atoms with Gasteiger partial charge < -0.3 is 9.80 Å². The first kappa shape index (κ1) is 21.4. The summed E-state index contributed by atoms with van der Waals surface area (Å²) in [6.45, 7) is 2.31. The number of likely N-dealkylation sites (tertiary alicyclic amines) is 1. The zero-order valence-corrected chi connectivity index (χ0v) is 17.9. The van der Waals surface area contributed by atoms with Crippen LogP contribution in [0.3, 0.4) is 0 Å². The van der Waals surface area contributed by atoms with Crippen LogP contribution in [-0.4, -0.2) is 79.9 Å². The lowest BCUT2D eigenvalue weighted by atomic mass is 9.95. The number of carbonyl (C=O) groups is 2. The van der Waals surface area contributed by atoms with Gasteiger partial charge in [-0.15, -0.1) is 0 Å². The molecular weight excluding hydrogens is 425 g/mol. The molecule has 7 nitrogen and oxygen atoms in total. The third-order valence-electron chi connectivity index (χ3n) is 5.24. The average Bonchev–Trinajstić information content (AvgIpc) is 2.68. The maximum absolute atomic E-state index is 12.9. The number of carbonyl (C=O) groups excluding carboxylic acids is 2. The molecule has 2 heterocycles. The molecule has 1 aromatic carbocycles. The van der Waals surface area contributed by atoms with Gasteiger partial charge in [-0.25, -0.2) is 8.42 Å². The Morgan fingerprint density at radius 3 is 2.29 bits per heavy atom. The predicted molar refractivity (Wildman–Crippen MR) is 108 cm³/mol. The van der Waals surface area contributed by atoms with Crippen LogP contribution in [0.1, 0.15) is 23.2 Å². The average molecular weight is 448 g/mol. The van der Waals surface area contributed by atoms with E-state index in [1.165, 1.54) is 10.6 Å². The van der Waals surface area contributed by atoms with Crippen molar-refractivity contribution in [2.24, 2.45) is 5.92 Å².